The second kappa shape index (κ2) is 8.76. The van der Waals surface area contributed by atoms with Crippen molar-refractivity contribution in [3.8, 4) is 5.75 Å². The Morgan fingerprint density at radius 2 is 1.76 bits per heavy atom. The zero-order valence-corrected chi connectivity index (χ0v) is 17.7. The topological polar surface area (TPSA) is 41.9 Å². The van der Waals surface area contributed by atoms with E-state index in [0.717, 1.165) is 30.5 Å². The van der Waals surface area contributed by atoms with E-state index in [1.807, 2.05) is 0 Å². The fourth-order valence-corrected chi connectivity index (χ4v) is 3.68. The zero-order valence-electron chi connectivity index (χ0n) is 17.7. The third kappa shape index (κ3) is 5.43. The van der Waals surface area contributed by atoms with Gasteiger partial charge in [0.2, 0.25) is 5.91 Å². The maximum Gasteiger partial charge on any atom is 0.243 e. The summed E-state index contributed by atoms with van der Waals surface area (Å²) in [5.41, 5.74) is 4.14. The van der Waals surface area contributed by atoms with E-state index >= 15 is 0 Å². The van der Waals surface area contributed by atoms with Gasteiger partial charge < -0.3 is 4.74 Å². The Hall–Kier alpha value is -2.69. The predicted octanol–water partition coefficient (Wildman–Crippen LogP) is 5.41. The van der Waals surface area contributed by atoms with E-state index in [-0.39, 0.29) is 17.3 Å². The molecule has 0 radical (unpaired) electrons. The number of ether oxygens (including phenoxy) is 1. The van der Waals surface area contributed by atoms with Gasteiger partial charge in [0.15, 0.2) is 0 Å². The van der Waals surface area contributed by atoms with Gasteiger partial charge in [-0.1, -0.05) is 29.3 Å². The molecule has 2 aromatic carbocycles. The molecule has 2 aromatic rings. The van der Waals surface area contributed by atoms with E-state index in [9.17, 15) is 9.18 Å². The highest BCUT2D eigenvalue weighted by Crippen LogP contribution is 2.31. The molecule has 1 amide bonds. The minimum atomic E-state index is -0.325. The van der Waals surface area contributed by atoms with Crippen LogP contribution in [0.15, 0.2) is 47.6 Å². The van der Waals surface area contributed by atoms with Crippen molar-refractivity contribution in [2.75, 3.05) is 6.61 Å². The molecule has 1 heterocycles. The first-order valence-corrected chi connectivity index (χ1v) is 10.1. The highest BCUT2D eigenvalue weighted by Gasteiger charge is 2.38. The summed E-state index contributed by atoms with van der Waals surface area (Å²) in [5, 5.41) is 6.34. The van der Waals surface area contributed by atoms with Gasteiger partial charge in [0, 0.05) is 12.8 Å². The van der Waals surface area contributed by atoms with Crippen molar-refractivity contribution in [2.24, 2.45) is 5.10 Å². The lowest BCUT2D eigenvalue weighted by Gasteiger charge is -2.28. The van der Waals surface area contributed by atoms with Crippen LogP contribution in [0.1, 0.15) is 56.2 Å². The number of carbonyl (C=O) groups is 1. The molecular weight excluding hydrogens is 367 g/mol. The van der Waals surface area contributed by atoms with Gasteiger partial charge >= 0.3 is 0 Å². The number of amides is 1. The molecule has 0 saturated heterocycles. The number of halogens is 1. The normalized spacial score (nSPS) is 15.3. The smallest absolute Gasteiger partial charge is 0.243 e. The quantitative estimate of drug-likeness (QED) is 0.588. The number of nitrogens with zero attached hydrogens (tertiary/aromatic N) is 2. The number of unbranched alkanes of at least 4 members (excludes halogenated alkanes) is 1. The molecule has 0 aliphatic carbocycles. The predicted molar refractivity (Wildman–Crippen MR) is 114 cm³/mol. The van der Waals surface area contributed by atoms with Crippen LogP contribution in [-0.4, -0.2) is 28.8 Å². The number of benzene rings is 2. The van der Waals surface area contributed by atoms with Gasteiger partial charge in [-0.25, -0.2) is 9.40 Å². The average molecular weight is 397 g/mol. The second-order valence-corrected chi connectivity index (χ2v) is 8.38. The molecule has 1 aliphatic heterocycles. The van der Waals surface area contributed by atoms with Crippen molar-refractivity contribution >= 4 is 11.6 Å². The van der Waals surface area contributed by atoms with Crippen LogP contribution in [0.5, 0.6) is 5.75 Å². The van der Waals surface area contributed by atoms with Gasteiger partial charge in [-0.3, -0.25) is 4.79 Å². The van der Waals surface area contributed by atoms with Gasteiger partial charge in [-0.2, -0.15) is 5.10 Å². The Bertz CT molecular complexity index is 883. The van der Waals surface area contributed by atoms with E-state index in [4.69, 9.17) is 4.74 Å². The first kappa shape index (κ1) is 21.0. The minimum absolute atomic E-state index is 0.0381. The number of aryl methyl sites for hydroxylation is 2. The molecule has 0 spiro atoms. The fourth-order valence-electron chi connectivity index (χ4n) is 3.68. The lowest BCUT2D eigenvalue weighted by Crippen LogP contribution is -2.40. The van der Waals surface area contributed by atoms with Crippen molar-refractivity contribution in [1.82, 2.24) is 5.01 Å². The molecule has 0 bridgehead atoms. The van der Waals surface area contributed by atoms with E-state index in [2.05, 4.69) is 51.0 Å². The van der Waals surface area contributed by atoms with Crippen molar-refractivity contribution in [3.63, 3.8) is 0 Å². The monoisotopic (exact) mass is 396 g/mol. The first-order valence-electron chi connectivity index (χ1n) is 10.1. The molecule has 0 N–H and O–H groups in total. The molecule has 1 aliphatic rings. The van der Waals surface area contributed by atoms with E-state index in [1.54, 1.807) is 17.1 Å². The van der Waals surface area contributed by atoms with Crippen LogP contribution in [0.25, 0.3) is 0 Å². The number of carbonyl (C=O) groups excluding carboxylic acids is 1. The molecule has 5 heteroatoms. The molecule has 0 unspecified atom stereocenters. The van der Waals surface area contributed by atoms with Gasteiger partial charge in [0.05, 0.1) is 17.9 Å². The van der Waals surface area contributed by atoms with Crippen LogP contribution in [0.2, 0.25) is 0 Å². The molecule has 4 nitrogen and oxygen atoms in total. The summed E-state index contributed by atoms with van der Waals surface area (Å²) in [6, 6.07) is 12.4. The van der Waals surface area contributed by atoms with Gasteiger partial charge in [0.25, 0.3) is 0 Å². The molecule has 0 aromatic heterocycles. The summed E-state index contributed by atoms with van der Waals surface area (Å²) in [7, 11) is 0. The average Bonchev–Trinajstić information content (AvgIpc) is 2.97. The maximum atomic E-state index is 12.9. The Kier molecular flexibility index (Phi) is 6.36. The summed E-state index contributed by atoms with van der Waals surface area (Å²) < 4.78 is 18.5. The number of hydrogen-bond donors (Lipinski definition) is 0. The third-order valence-electron chi connectivity index (χ3n) is 5.05. The first-order chi connectivity index (χ1) is 13.7. The number of hydrazone groups is 1. The fraction of sp³-hybridized carbons (Fsp3) is 0.417. The summed E-state index contributed by atoms with van der Waals surface area (Å²) in [6.07, 6.45) is 2.65. The molecule has 0 saturated carbocycles. The standard InChI is InChI=1S/C24H29FN2O2/c1-17-13-18(2)15-19(14-17)22-16-24(3,4)27(26-22)23(28)7-5-6-12-29-21-10-8-20(25)9-11-21/h8-11,13-15H,5-7,12,16H2,1-4H3. The van der Waals surface area contributed by atoms with Crippen molar-refractivity contribution in [3.05, 3.63) is 65.0 Å². The second-order valence-electron chi connectivity index (χ2n) is 8.38. The lowest BCUT2D eigenvalue weighted by molar-refractivity contribution is -0.135. The summed E-state index contributed by atoms with van der Waals surface area (Å²) >= 11 is 0. The molecule has 154 valence electrons. The van der Waals surface area contributed by atoms with E-state index in [1.165, 1.54) is 23.3 Å². The molecule has 3 rings (SSSR count). The van der Waals surface area contributed by atoms with Crippen molar-refractivity contribution < 1.29 is 13.9 Å². The summed E-state index contributed by atoms with van der Waals surface area (Å²) in [4.78, 5) is 12.8. The highest BCUT2D eigenvalue weighted by molar-refractivity contribution is 6.03. The summed E-state index contributed by atoms with van der Waals surface area (Å²) in [5.74, 6) is 0.397. The molecular formula is C24H29FN2O2. The maximum absolute atomic E-state index is 12.9. The summed E-state index contributed by atoms with van der Waals surface area (Å²) in [6.45, 7) is 8.77. The Morgan fingerprint density at radius 3 is 2.41 bits per heavy atom. The third-order valence-corrected chi connectivity index (χ3v) is 5.05. The SMILES string of the molecule is Cc1cc(C)cc(C2=NN(C(=O)CCCCOc3ccc(F)cc3)C(C)(C)C2)c1. The van der Waals surface area contributed by atoms with Crippen molar-refractivity contribution in [1.29, 1.82) is 0 Å². The molecule has 0 fully saturated rings. The van der Waals surface area contributed by atoms with E-state index in [0.29, 0.717) is 18.8 Å². The van der Waals surface area contributed by atoms with Gasteiger partial charge in [0.1, 0.15) is 11.6 Å². The van der Waals surface area contributed by atoms with Crippen LogP contribution in [0, 0.1) is 19.7 Å². The lowest BCUT2D eigenvalue weighted by atomic mass is 9.93. The van der Waals surface area contributed by atoms with Crippen LogP contribution in [-0.2, 0) is 4.79 Å². The molecule has 29 heavy (non-hydrogen) atoms. The Labute approximate surface area is 172 Å². The Morgan fingerprint density at radius 1 is 1.10 bits per heavy atom. The highest BCUT2D eigenvalue weighted by atomic mass is 19.1. The molecule has 0 atom stereocenters. The van der Waals surface area contributed by atoms with Crippen LogP contribution in [0.4, 0.5) is 4.39 Å². The Balaban J connectivity index is 1.53. The van der Waals surface area contributed by atoms with Gasteiger partial charge in [-0.05, 0) is 70.4 Å². The van der Waals surface area contributed by atoms with E-state index < -0.39 is 0 Å². The van der Waals surface area contributed by atoms with Gasteiger partial charge in [-0.15, -0.1) is 0 Å². The van der Waals surface area contributed by atoms with Crippen LogP contribution < -0.4 is 4.74 Å². The zero-order chi connectivity index (χ0) is 21.0. The van der Waals surface area contributed by atoms with Crippen molar-refractivity contribution in [2.45, 2.75) is 58.9 Å². The number of rotatable bonds is 7. The largest absolute Gasteiger partial charge is 0.494 e. The van der Waals surface area contributed by atoms with Crippen LogP contribution >= 0.6 is 0 Å². The van der Waals surface area contributed by atoms with Crippen LogP contribution in [0.3, 0.4) is 0 Å². The number of hydrogen-bond acceptors (Lipinski definition) is 3. The minimum Gasteiger partial charge on any atom is -0.494 e.